The zero-order valence-corrected chi connectivity index (χ0v) is 21.8. The summed E-state index contributed by atoms with van der Waals surface area (Å²) in [7, 11) is 1.27. The highest BCUT2D eigenvalue weighted by Gasteiger charge is 2.46. The molecule has 1 aromatic carbocycles. The largest absolute Gasteiger partial charge is 0.507 e. The molecule has 1 amide bonds. The summed E-state index contributed by atoms with van der Waals surface area (Å²) in [4.78, 5) is 45.4. The lowest BCUT2D eigenvalue weighted by molar-refractivity contribution is -0.140. The van der Waals surface area contributed by atoms with Crippen molar-refractivity contribution in [1.82, 2.24) is 14.8 Å². The maximum atomic E-state index is 13.4. The topological polar surface area (TPSA) is 112 Å². The molecule has 0 aliphatic carbocycles. The van der Waals surface area contributed by atoms with Crippen LogP contribution >= 0.6 is 0 Å². The smallest absolute Gasteiger partial charge is 0.354 e. The minimum absolute atomic E-state index is 0.0187. The normalized spacial score (nSPS) is 17.2. The molecule has 3 rings (SSSR count). The molecule has 0 saturated carbocycles. The van der Waals surface area contributed by atoms with Crippen LogP contribution < -0.4 is 4.74 Å². The molecule has 1 unspecified atom stereocenters. The summed E-state index contributed by atoms with van der Waals surface area (Å²) < 4.78 is 10.5. The van der Waals surface area contributed by atoms with Crippen LogP contribution in [-0.4, -0.2) is 77.4 Å². The first-order valence-corrected chi connectivity index (χ1v) is 12.2. The highest BCUT2D eigenvalue weighted by molar-refractivity contribution is 6.46. The number of nitrogens with one attached hydrogen (secondary N) is 1. The predicted octanol–water partition coefficient (Wildman–Crippen LogP) is 3.58. The SMILES string of the molecule is CCOc1cccc(C2/C(=C(\O)c3c(C)[nH]c(C(=O)OC)c3C)C(=O)C(=O)N2CCN(CC)CC)c1. The van der Waals surface area contributed by atoms with E-state index in [-0.39, 0.29) is 17.0 Å². The number of amides is 1. The van der Waals surface area contributed by atoms with Gasteiger partial charge in [-0.15, -0.1) is 0 Å². The minimum Gasteiger partial charge on any atom is -0.507 e. The van der Waals surface area contributed by atoms with Crippen LogP contribution in [0.5, 0.6) is 5.75 Å². The van der Waals surface area contributed by atoms with E-state index in [0.29, 0.717) is 47.8 Å². The molecule has 1 saturated heterocycles. The molecule has 0 radical (unpaired) electrons. The van der Waals surface area contributed by atoms with Crippen molar-refractivity contribution in [2.45, 2.75) is 40.7 Å². The lowest BCUT2D eigenvalue weighted by atomic mass is 9.94. The molecular weight excluding hydrogens is 462 g/mol. The second-order valence-electron chi connectivity index (χ2n) is 8.64. The van der Waals surface area contributed by atoms with Crippen LogP contribution in [0.2, 0.25) is 0 Å². The number of nitrogens with zero attached hydrogens (tertiary/aromatic N) is 2. The molecule has 9 nitrogen and oxygen atoms in total. The maximum absolute atomic E-state index is 13.4. The number of rotatable bonds is 10. The molecule has 9 heteroatoms. The molecule has 1 aromatic heterocycles. The summed E-state index contributed by atoms with van der Waals surface area (Å²) in [5.41, 5.74) is 2.05. The van der Waals surface area contributed by atoms with Crippen LogP contribution in [0.3, 0.4) is 0 Å². The summed E-state index contributed by atoms with van der Waals surface area (Å²) in [6.45, 7) is 12.3. The Balaban J connectivity index is 2.20. The van der Waals surface area contributed by atoms with Crippen LogP contribution in [0.25, 0.3) is 5.76 Å². The third-order valence-corrected chi connectivity index (χ3v) is 6.64. The molecule has 36 heavy (non-hydrogen) atoms. The van der Waals surface area contributed by atoms with Crippen molar-refractivity contribution >= 4 is 23.4 Å². The molecule has 1 aliphatic heterocycles. The van der Waals surface area contributed by atoms with Crippen LogP contribution in [0.15, 0.2) is 29.8 Å². The van der Waals surface area contributed by atoms with Crippen LogP contribution in [0.4, 0.5) is 0 Å². The van der Waals surface area contributed by atoms with Gasteiger partial charge in [-0.1, -0.05) is 26.0 Å². The van der Waals surface area contributed by atoms with Gasteiger partial charge < -0.3 is 29.4 Å². The first-order valence-electron chi connectivity index (χ1n) is 12.2. The van der Waals surface area contributed by atoms with Crippen molar-refractivity contribution in [2.24, 2.45) is 0 Å². The van der Waals surface area contributed by atoms with E-state index in [1.54, 1.807) is 32.0 Å². The highest BCUT2D eigenvalue weighted by atomic mass is 16.5. The number of aromatic amines is 1. The second-order valence-corrected chi connectivity index (χ2v) is 8.64. The summed E-state index contributed by atoms with van der Waals surface area (Å²) in [6, 6.07) is 6.39. The van der Waals surface area contributed by atoms with Gasteiger partial charge in [-0.2, -0.15) is 0 Å². The lowest BCUT2D eigenvalue weighted by Gasteiger charge is -2.28. The summed E-state index contributed by atoms with van der Waals surface area (Å²) >= 11 is 0. The average molecular weight is 498 g/mol. The molecule has 2 heterocycles. The van der Waals surface area contributed by atoms with E-state index in [4.69, 9.17) is 9.47 Å². The van der Waals surface area contributed by atoms with Gasteiger partial charge in [0.2, 0.25) is 0 Å². The Morgan fingerprint density at radius 2 is 1.86 bits per heavy atom. The number of aryl methyl sites for hydroxylation is 1. The number of esters is 1. The van der Waals surface area contributed by atoms with Crippen molar-refractivity contribution in [2.75, 3.05) is 39.9 Å². The molecule has 1 fully saturated rings. The van der Waals surface area contributed by atoms with Crippen molar-refractivity contribution in [3.8, 4) is 5.75 Å². The number of aliphatic hydroxyl groups excluding tert-OH is 1. The number of carbonyl (C=O) groups excluding carboxylic acids is 3. The number of H-pyrrole nitrogens is 1. The van der Waals surface area contributed by atoms with E-state index in [9.17, 15) is 19.5 Å². The number of likely N-dealkylation sites (tertiary alicyclic amines) is 1. The van der Waals surface area contributed by atoms with Crippen molar-refractivity contribution in [3.05, 3.63) is 57.9 Å². The summed E-state index contributed by atoms with van der Waals surface area (Å²) in [5, 5.41) is 11.5. The molecule has 194 valence electrons. The Kier molecular flexibility index (Phi) is 8.57. The Morgan fingerprint density at radius 1 is 1.17 bits per heavy atom. The fourth-order valence-electron chi connectivity index (χ4n) is 4.73. The first kappa shape index (κ1) is 27.0. The Morgan fingerprint density at radius 3 is 2.47 bits per heavy atom. The Hall–Kier alpha value is -3.59. The number of hydrogen-bond donors (Lipinski definition) is 2. The van der Waals surface area contributed by atoms with Crippen LogP contribution in [0, 0.1) is 13.8 Å². The zero-order chi connectivity index (χ0) is 26.6. The van der Waals surface area contributed by atoms with Gasteiger partial charge in [0.25, 0.3) is 11.7 Å². The van der Waals surface area contributed by atoms with E-state index >= 15 is 0 Å². The first-order chi connectivity index (χ1) is 17.2. The standard InChI is InChI=1S/C27H35N3O6/c1-7-29(8-2)13-14-30-23(18-11-10-12-19(15-18)36-9-3)21(25(32)26(30)33)24(31)20-16(4)22(27(34)35-6)28-17(20)5/h10-12,15,23,28,31H,7-9,13-14H2,1-6H3/b24-21+. The van der Waals surface area contributed by atoms with Gasteiger partial charge in [-0.3, -0.25) is 9.59 Å². The predicted molar refractivity (Wildman–Crippen MR) is 136 cm³/mol. The van der Waals surface area contributed by atoms with Crippen molar-refractivity contribution in [1.29, 1.82) is 0 Å². The minimum atomic E-state index is -0.809. The maximum Gasteiger partial charge on any atom is 0.354 e. The molecule has 1 aliphatic rings. The molecule has 1 atom stereocenters. The number of likely N-dealkylation sites (N-methyl/N-ethyl adjacent to an activating group) is 1. The fraction of sp³-hybridized carbons (Fsp3) is 0.444. The number of ether oxygens (including phenoxy) is 2. The van der Waals surface area contributed by atoms with E-state index < -0.39 is 23.7 Å². The summed E-state index contributed by atoms with van der Waals surface area (Å²) in [5.74, 6) is -1.75. The molecular formula is C27H35N3O6. The fourth-order valence-corrected chi connectivity index (χ4v) is 4.73. The van der Waals surface area contributed by atoms with Gasteiger partial charge in [0.05, 0.1) is 25.3 Å². The van der Waals surface area contributed by atoms with E-state index in [0.717, 1.165) is 13.1 Å². The number of benzene rings is 1. The van der Waals surface area contributed by atoms with E-state index in [1.807, 2.05) is 26.8 Å². The average Bonchev–Trinajstić information content (AvgIpc) is 3.31. The number of aromatic nitrogens is 1. The van der Waals surface area contributed by atoms with Crippen molar-refractivity contribution in [3.63, 3.8) is 0 Å². The molecule has 0 spiro atoms. The number of hydrogen-bond acceptors (Lipinski definition) is 7. The third kappa shape index (κ3) is 5.02. The van der Waals surface area contributed by atoms with Gasteiger partial charge in [0.15, 0.2) is 0 Å². The van der Waals surface area contributed by atoms with Crippen LogP contribution in [0.1, 0.15) is 59.7 Å². The van der Waals surface area contributed by atoms with Crippen LogP contribution in [-0.2, 0) is 14.3 Å². The highest BCUT2D eigenvalue weighted by Crippen LogP contribution is 2.41. The zero-order valence-electron chi connectivity index (χ0n) is 21.8. The number of ketones is 1. The molecule has 2 aromatic rings. The van der Waals surface area contributed by atoms with E-state index in [1.165, 1.54) is 12.0 Å². The van der Waals surface area contributed by atoms with Gasteiger partial charge in [0.1, 0.15) is 17.2 Å². The van der Waals surface area contributed by atoms with Gasteiger partial charge >= 0.3 is 5.97 Å². The third-order valence-electron chi connectivity index (χ3n) is 6.64. The second kappa shape index (κ2) is 11.4. The molecule has 2 N–H and O–H groups in total. The van der Waals surface area contributed by atoms with Gasteiger partial charge in [-0.05, 0) is 57.1 Å². The van der Waals surface area contributed by atoms with Gasteiger partial charge in [0, 0.05) is 24.3 Å². The quantitative estimate of drug-likeness (QED) is 0.223. The molecule has 0 bridgehead atoms. The number of Topliss-reactive ketones (excluding diaryl/α,β-unsaturated/α-hetero) is 1. The number of aliphatic hydroxyl groups is 1. The van der Waals surface area contributed by atoms with E-state index in [2.05, 4.69) is 9.88 Å². The Bertz CT molecular complexity index is 1180. The van der Waals surface area contributed by atoms with Crippen molar-refractivity contribution < 1.29 is 29.0 Å². The monoisotopic (exact) mass is 497 g/mol. The lowest BCUT2D eigenvalue weighted by Crippen LogP contribution is -2.38. The van der Waals surface area contributed by atoms with Gasteiger partial charge in [-0.25, -0.2) is 4.79 Å². The number of methoxy groups -OCH3 is 1. The number of carbonyl (C=O) groups is 3. The Labute approximate surface area is 211 Å². The summed E-state index contributed by atoms with van der Waals surface area (Å²) in [6.07, 6.45) is 0.